The van der Waals surface area contributed by atoms with Crippen LogP contribution in [0.2, 0.25) is 0 Å². The summed E-state index contributed by atoms with van der Waals surface area (Å²) in [5, 5.41) is 0.292. The molecule has 4 unspecified atom stereocenters. The summed E-state index contributed by atoms with van der Waals surface area (Å²) < 4.78 is 0. The number of alkyl halides is 2. The van der Waals surface area contributed by atoms with Crippen LogP contribution >= 0.6 is 23.2 Å². The van der Waals surface area contributed by atoms with Crippen molar-refractivity contribution in [2.24, 2.45) is 17.6 Å². The van der Waals surface area contributed by atoms with Gasteiger partial charge in [0.05, 0.1) is 5.38 Å². The van der Waals surface area contributed by atoms with Gasteiger partial charge in [-0.05, 0) is 102 Å². The summed E-state index contributed by atoms with van der Waals surface area (Å²) in [6, 6.07) is 0.845. The lowest BCUT2D eigenvalue weighted by molar-refractivity contribution is 0.0873. The van der Waals surface area contributed by atoms with Crippen molar-refractivity contribution in [3.63, 3.8) is 0 Å². The molecule has 0 aromatic rings. The first-order valence-corrected chi connectivity index (χ1v) is 11.5. The predicted octanol–water partition coefficient (Wildman–Crippen LogP) is 3.92. The van der Waals surface area contributed by atoms with Crippen molar-refractivity contribution in [2.75, 3.05) is 39.3 Å². The van der Waals surface area contributed by atoms with Crippen LogP contribution < -0.4 is 5.73 Å². The third-order valence-corrected chi connectivity index (χ3v) is 8.12. The van der Waals surface area contributed by atoms with E-state index in [0.29, 0.717) is 11.8 Å². The van der Waals surface area contributed by atoms with Gasteiger partial charge in [0.15, 0.2) is 0 Å². The zero-order chi connectivity index (χ0) is 17.6. The Bertz CT molecular complexity index is 381. The highest BCUT2D eigenvalue weighted by Crippen LogP contribution is 2.36. The van der Waals surface area contributed by atoms with E-state index in [1.54, 1.807) is 0 Å². The van der Waals surface area contributed by atoms with Gasteiger partial charge in [-0.15, -0.1) is 23.2 Å². The smallest absolute Gasteiger partial charge is 0.0502 e. The molecular formula is C20H37Cl2N3. The lowest BCUT2D eigenvalue weighted by Gasteiger charge is -2.41. The van der Waals surface area contributed by atoms with Gasteiger partial charge in [0.25, 0.3) is 0 Å². The Morgan fingerprint density at radius 3 is 2.24 bits per heavy atom. The van der Waals surface area contributed by atoms with E-state index < -0.39 is 0 Å². The standard InChI is InChI=1S/C20H37Cl2N3/c21-19-5-4-16(14-20(19)22)17(15-23)6-11-24-12-7-18(8-13-24)25-9-2-1-3-10-25/h16-20H,1-15,23H2. The highest BCUT2D eigenvalue weighted by molar-refractivity contribution is 6.30. The number of piperidine rings is 2. The van der Waals surface area contributed by atoms with Gasteiger partial charge in [0, 0.05) is 11.4 Å². The van der Waals surface area contributed by atoms with Gasteiger partial charge >= 0.3 is 0 Å². The predicted molar refractivity (Wildman–Crippen MR) is 109 cm³/mol. The second kappa shape index (κ2) is 10.1. The zero-order valence-corrected chi connectivity index (χ0v) is 17.2. The van der Waals surface area contributed by atoms with Gasteiger partial charge in [-0.2, -0.15) is 0 Å². The highest BCUT2D eigenvalue weighted by Gasteiger charge is 2.32. The van der Waals surface area contributed by atoms with E-state index in [0.717, 1.165) is 25.4 Å². The van der Waals surface area contributed by atoms with Gasteiger partial charge in [-0.3, -0.25) is 0 Å². The summed E-state index contributed by atoms with van der Waals surface area (Å²) in [4.78, 5) is 5.43. The maximum absolute atomic E-state index is 6.41. The van der Waals surface area contributed by atoms with Gasteiger partial charge in [0.2, 0.25) is 0 Å². The molecule has 1 aliphatic carbocycles. The summed E-state index contributed by atoms with van der Waals surface area (Å²) >= 11 is 12.7. The largest absolute Gasteiger partial charge is 0.330 e. The summed E-state index contributed by atoms with van der Waals surface area (Å²) in [5.41, 5.74) is 6.12. The molecule has 0 spiro atoms. The number of nitrogens with zero attached hydrogens (tertiary/aromatic N) is 2. The highest BCUT2D eigenvalue weighted by atomic mass is 35.5. The van der Waals surface area contributed by atoms with Crippen LogP contribution in [0.25, 0.3) is 0 Å². The van der Waals surface area contributed by atoms with E-state index in [9.17, 15) is 0 Å². The second-order valence-corrected chi connectivity index (χ2v) is 9.68. The molecule has 3 rings (SSSR count). The summed E-state index contributed by atoms with van der Waals surface area (Å²) in [5.74, 6) is 1.29. The molecule has 4 atom stereocenters. The topological polar surface area (TPSA) is 32.5 Å². The van der Waals surface area contributed by atoms with Crippen molar-refractivity contribution < 1.29 is 0 Å². The summed E-state index contributed by atoms with van der Waals surface area (Å²) in [6.07, 6.45) is 11.5. The van der Waals surface area contributed by atoms with Crippen molar-refractivity contribution in [3.8, 4) is 0 Å². The molecule has 2 aliphatic heterocycles. The lowest BCUT2D eigenvalue weighted by Crippen LogP contribution is -2.47. The number of hydrogen-bond donors (Lipinski definition) is 1. The van der Waals surface area contributed by atoms with Gasteiger partial charge < -0.3 is 15.5 Å². The van der Waals surface area contributed by atoms with E-state index in [1.807, 2.05) is 0 Å². The minimum absolute atomic E-state index is 0.134. The Hall–Kier alpha value is 0.460. The fourth-order valence-electron chi connectivity index (χ4n) is 5.22. The molecule has 3 aliphatic rings. The van der Waals surface area contributed by atoms with Crippen LogP contribution in [0.3, 0.4) is 0 Å². The van der Waals surface area contributed by atoms with Crippen molar-refractivity contribution in [1.82, 2.24) is 9.80 Å². The molecule has 1 saturated carbocycles. The third kappa shape index (κ3) is 5.72. The van der Waals surface area contributed by atoms with Crippen molar-refractivity contribution in [3.05, 3.63) is 0 Å². The Kier molecular flexibility index (Phi) is 8.18. The molecule has 0 bridgehead atoms. The number of halogens is 2. The van der Waals surface area contributed by atoms with Crippen LogP contribution in [0, 0.1) is 11.8 Å². The van der Waals surface area contributed by atoms with Gasteiger partial charge in [-0.1, -0.05) is 6.42 Å². The van der Waals surface area contributed by atoms with Crippen LogP contribution in [0.1, 0.15) is 57.8 Å². The molecule has 25 heavy (non-hydrogen) atoms. The molecule has 0 aromatic carbocycles. The van der Waals surface area contributed by atoms with Crippen molar-refractivity contribution >= 4 is 23.2 Å². The van der Waals surface area contributed by atoms with Gasteiger partial charge in [0.1, 0.15) is 0 Å². The van der Waals surface area contributed by atoms with E-state index in [4.69, 9.17) is 28.9 Å². The first kappa shape index (κ1) is 20.2. The van der Waals surface area contributed by atoms with E-state index in [2.05, 4.69) is 9.80 Å². The van der Waals surface area contributed by atoms with Crippen LogP contribution in [-0.4, -0.2) is 65.9 Å². The van der Waals surface area contributed by atoms with Crippen molar-refractivity contribution in [2.45, 2.75) is 74.6 Å². The minimum Gasteiger partial charge on any atom is -0.330 e. The quantitative estimate of drug-likeness (QED) is 0.698. The molecule has 3 nitrogen and oxygen atoms in total. The SMILES string of the molecule is NCC(CCN1CCC(N2CCCCC2)CC1)C1CCC(Cl)C(Cl)C1. The summed E-state index contributed by atoms with van der Waals surface area (Å²) in [6.45, 7) is 7.22. The van der Waals surface area contributed by atoms with Crippen LogP contribution in [0.5, 0.6) is 0 Å². The molecule has 2 saturated heterocycles. The van der Waals surface area contributed by atoms with E-state index >= 15 is 0 Å². The maximum Gasteiger partial charge on any atom is 0.0502 e. The minimum atomic E-state index is 0.134. The van der Waals surface area contributed by atoms with Crippen molar-refractivity contribution in [1.29, 1.82) is 0 Å². The average molecular weight is 390 g/mol. The van der Waals surface area contributed by atoms with Crippen LogP contribution in [0.15, 0.2) is 0 Å². The number of rotatable bonds is 6. The molecule has 2 N–H and O–H groups in total. The molecular weight excluding hydrogens is 353 g/mol. The molecule has 3 fully saturated rings. The maximum atomic E-state index is 6.41. The van der Waals surface area contributed by atoms with E-state index in [-0.39, 0.29) is 10.8 Å². The molecule has 2 heterocycles. The number of hydrogen-bond acceptors (Lipinski definition) is 3. The Morgan fingerprint density at radius 2 is 1.60 bits per heavy atom. The first-order chi connectivity index (χ1) is 12.2. The zero-order valence-electron chi connectivity index (χ0n) is 15.7. The fraction of sp³-hybridized carbons (Fsp3) is 1.00. The van der Waals surface area contributed by atoms with E-state index in [1.165, 1.54) is 77.7 Å². The molecule has 146 valence electrons. The number of nitrogens with two attached hydrogens (primary N) is 1. The molecule has 5 heteroatoms. The first-order valence-electron chi connectivity index (χ1n) is 10.6. The Morgan fingerprint density at radius 1 is 0.880 bits per heavy atom. The Balaban J connectivity index is 1.38. The second-order valence-electron chi connectivity index (χ2n) is 8.56. The fourth-order valence-corrected chi connectivity index (χ4v) is 5.81. The van der Waals surface area contributed by atoms with Crippen LogP contribution in [0.4, 0.5) is 0 Å². The molecule has 0 aromatic heterocycles. The van der Waals surface area contributed by atoms with Crippen LogP contribution in [-0.2, 0) is 0 Å². The average Bonchev–Trinajstić information content (AvgIpc) is 2.66. The monoisotopic (exact) mass is 389 g/mol. The summed E-state index contributed by atoms with van der Waals surface area (Å²) in [7, 11) is 0. The normalized spacial score (nSPS) is 34.9. The Labute approximate surface area is 164 Å². The van der Waals surface area contributed by atoms with Gasteiger partial charge in [-0.25, -0.2) is 0 Å². The third-order valence-electron chi connectivity index (χ3n) is 6.98. The molecule has 0 amide bonds. The number of likely N-dealkylation sites (tertiary alicyclic amines) is 2. The lowest BCUT2D eigenvalue weighted by atomic mass is 9.78. The molecule has 0 radical (unpaired) electrons.